The molecule has 0 aliphatic heterocycles. The van der Waals surface area contributed by atoms with E-state index >= 15 is 0 Å². The second kappa shape index (κ2) is 19.1. The maximum absolute atomic E-state index is 14.3. The number of amides is 3. The Balaban J connectivity index is 3.48. The molecule has 3 amide bonds. The Labute approximate surface area is 258 Å². The molecule has 3 N–H and O–H groups in total. The van der Waals surface area contributed by atoms with E-state index in [1.54, 1.807) is 46.8 Å². The maximum Gasteiger partial charge on any atom is 0.408 e. The highest BCUT2D eigenvalue weighted by atomic mass is 16.6. The van der Waals surface area contributed by atoms with Crippen molar-refractivity contribution in [1.29, 1.82) is 0 Å². The molecule has 0 radical (unpaired) electrons. The monoisotopic (exact) mass is 605 g/mol. The fourth-order valence-electron chi connectivity index (χ4n) is 4.71. The number of nitrogens with zero attached hydrogens (tertiary/aromatic N) is 1. The molecule has 10 heteroatoms. The molecule has 0 aromatic heterocycles. The van der Waals surface area contributed by atoms with Crippen molar-refractivity contribution in [1.82, 2.24) is 15.5 Å². The third kappa shape index (κ3) is 14.6. The molecule has 0 aliphatic carbocycles. The highest BCUT2D eigenvalue weighted by molar-refractivity contribution is 5.92. The molecular weight excluding hydrogens is 550 g/mol. The van der Waals surface area contributed by atoms with Gasteiger partial charge in [-0.3, -0.25) is 14.4 Å². The minimum atomic E-state index is -1.06. The van der Waals surface area contributed by atoms with E-state index in [2.05, 4.69) is 17.6 Å². The molecule has 10 nitrogen and oxygen atoms in total. The van der Waals surface area contributed by atoms with Crippen molar-refractivity contribution < 1.29 is 33.8 Å². The molecule has 0 heterocycles. The highest BCUT2D eigenvalue weighted by Crippen LogP contribution is 2.28. The zero-order valence-electron chi connectivity index (χ0n) is 27.6. The van der Waals surface area contributed by atoms with Gasteiger partial charge in [0.2, 0.25) is 11.8 Å². The lowest BCUT2D eigenvalue weighted by atomic mass is 9.97. The van der Waals surface area contributed by atoms with Gasteiger partial charge in [-0.25, -0.2) is 4.79 Å². The Hall–Kier alpha value is -3.30. The molecule has 1 rings (SSSR count). The summed E-state index contributed by atoms with van der Waals surface area (Å²) in [4.78, 5) is 54.4. The van der Waals surface area contributed by atoms with Crippen LogP contribution >= 0.6 is 0 Å². The summed E-state index contributed by atoms with van der Waals surface area (Å²) in [6.45, 7) is 15.3. The Morgan fingerprint density at radius 1 is 1.00 bits per heavy atom. The SMILES string of the molecule is CCCCCCCCN(C(=O)C(CC(C)C)NC(=O)OC(C)(C)C)C(C(=O)NCCC(=O)OCC)c1ccc(O)c(C)c1. The van der Waals surface area contributed by atoms with E-state index in [0.29, 0.717) is 24.0 Å². The minimum Gasteiger partial charge on any atom is -0.508 e. The smallest absolute Gasteiger partial charge is 0.408 e. The van der Waals surface area contributed by atoms with E-state index in [9.17, 15) is 24.3 Å². The number of hydrogen-bond acceptors (Lipinski definition) is 7. The Kier molecular flexibility index (Phi) is 16.7. The van der Waals surface area contributed by atoms with E-state index in [1.165, 1.54) is 11.0 Å². The summed E-state index contributed by atoms with van der Waals surface area (Å²) < 4.78 is 10.4. The van der Waals surface area contributed by atoms with Crippen LogP contribution in [0.1, 0.15) is 117 Å². The number of hydrogen-bond donors (Lipinski definition) is 3. The maximum atomic E-state index is 14.3. The number of ether oxygens (including phenoxy) is 2. The van der Waals surface area contributed by atoms with Crippen LogP contribution in [-0.4, -0.2) is 65.2 Å². The number of alkyl carbamates (subject to hydrolysis) is 1. The van der Waals surface area contributed by atoms with E-state index < -0.39 is 41.6 Å². The van der Waals surface area contributed by atoms with Gasteiger partial charge in [-0.2, -0.15) is 0 Å². The first-order valence-electron chi connectivity index (χ1n) is 15.7. The first kappa shape index (κ1) is 37.7. The first-order valence-corrected chi connectivity index (χ1v) is 15.7. The van der Waals surface area contributed by atoms with Crippen LogP contribution in [0.5, 0.6) is 5.75 Å². The summed E-state index contributed by atoms with van der Waals surface area (Å²) in [6.07, 6.45) is 5.53. The molecule has 2 unspecified atom stereocenters. The quantitative estimate of drug-likeness (QED) is 0.139. The number of carbonyl (C=O) groups excluding carboxylic acids is 4. The molecule has 0 saturated carbocycles. The van der Waals surface area contributed by atoms with Crippen molar-refractivity contribution in [2.24, 2.45) is 5.92 Å². The van der Waals surface area contributed by atoms with Gasteiger partial charge in [0.1, 0.15) is 23.4 Å². The molecule has 1 aromatic carbocycles. The van der Waals surface area contributed by atoms with Crippen molar-refractivity contribution in [3.63, 3.8) is 0 Å². The van der Waals surface area contributed by atoms with Crippen LogP contribution in [0, 0.1) is 12.8 Å². The number of rotatable bonds is 18. The fraction of sp³-hybridized carbons (Fsp3) is 0.697. The van der Waals surface area contributed by atoms with Gasteiger partial charge < -0.3 is 30.1 Å². The van der Waals surface area contributed by atoms with Crippen LogP contribution in [0.2, 0.25) is 0 Å². The topological polar surface area (TPSA) is 134 Å². The molecule has 0 spiro atoms. The van der Waals surface area contributed by atoms with Crippen molar-refractivity contribution in [3.8, 4) is 5.75 Å². The normalized spacial score (nSPS) is 12.8. The van der Waals surface area contributed by atoms with Crippen LogP contribution < -0.4 is 10.6 Å². The van der Waals surface area contributed by atoms with Gasteiger partial charge in [0, 0.05) is 13.1 Å². The zero-order chi connectivity index (χ0) is 32.6. The number of phenolic OH excluding ortho intramolecular Hbond substituents is 1. The number of nitrogens with one attached hydrogen (secondary N) is 2. The number of carbonyl (C=O) groups is 4. The molecule has 1 aromatic rings. The molecule has 0 bridgehead atoms. The molecule has 0 aliphatic rings. The molecular formula is C33H55N3O7. The average molecular weight is 606 g/mol. The van der Waals surface area contributed by atoms with E-state index in [4.69, 9.17) is 9.47 Å². The van der Waals surface area contributed by atoms with Crippen LogP contribution in [-0.2, 0) is 23.9 Å². The van der Waals surface area contributed by atoms with Crippen molar-refractivity contribution in [3.05, 3.63) is 29.3 Å². The highest BCUT2D eigenvalue weighted by Gasteiger charge is 2.36. The lowest BCUT2D eigenvalue weighted by molar-refractivity contribution is -0.144. The summed E-state index contributed by atoms with van der Waals surface area (Å²) in [7, 11) is 0. The summed E-state index contributed by atoms with van der Waals surface area (Å²) >= 11 is 0. The summed E-state index contributed by atoms with van der Waals surface area (Å²) in [6, 6.07) is 2.83. The van der Waals surface area contributed by atoms with Crippen LogP contribution in [0.3, 0.4) is 0 Å². The second-order valence-electron chi connectivity index (χ2n) is 12.4. The third-order valence-electron chi connectivity index (χ3n) is 6.76. The molecule has 43 heavy (non-hydrogen) atoms. The lowest BCUT2D eigenvalue weighted by Gasteiger charge is -2.35. The van der Waals surface area contributed by atoms with Crippen molar-refractivity contribution in [2.75, 3.05) is 19.7 Å². The zero-order valence-corrected chi connectivity index (χ0v) is 27.6. The number of benzene rings is 1. The van der Waals surface area contributed by atoms with E-state index in [-0.39, 0.29) is 37.8 Å². The van der Waals surface area contributed by atoms with Crippen LogP contribution in [0.25, 0.3) is 0 Å². The summed E-state index contributed by atoms with van der Waals surface area (Å²) in [5.74, 6) is -1.16. The number of unbranched alkanes of at least 4 members (excludes halogenated alkanes) is 5. The Morgan fingerprint density at radius 3 is 2.23 bits per heavy atom. The number of esters is 1. The minimum absolute atomic E-state index is 0.0115. The van der Waals surface area contributed by atoms with E-state index in [1.807, 2.05) is 13.8 Å². The number of aryl methyl sites for hydroxylation is 1. The molecule has 0 fully saturated rings. The van der Waals surface area contributed by atoms with Gasteiger partial charge in [0.25, 0.3) is 0 Å². The lowest BCUT2D eigenvalue weighted by Crippen LogP contribution is -2.53. The molecule has 0 saturated heterocycles. The Bertz CT molecular complexity index is 1040. The number of phenols is 1. The number of aromatic hydroxyl groups is 1. The van der Waals surface area contributed by atoms with Gasteiger partial charge in [-0.1, -0.05) is 58.9 Å². The third-order valence-corrected chi connectivity index (χ3v) is 6.76. The van der Waals surface area contributed by atoms with Crippen LogP contribution in [0.15, 0.2) is 18.2 Å². The van der Waals surface area contributed by atoms with Crippen molar-refractivity contribution >= 4 is 23.9 Å². The van der Waals surface area contributed by atoms with E-state index in [0.717, 1.165) is 32.1 Å². The Morgan fingerprint density at radius 2 is 1.65 bits per heavy atom. The van der Waals surface area contributed by atoms with Crippen LogP contribution in [0.4, 0.5) is 4.79 Å². The van der Waals surface area contributed by atoms with Gasteiger partial charge in [0.15, 0.2) is 0 Å². The molecule has 2 atom stereocenters. The van der Waals surface area contributed by atoms with Gasteiger partial charge in [0.05, 0.1) is 13.0 Å². The average Bonchev–Trinajstić information content (AvgIpc) is 2.89. The predicted octanol–water partition coefficient (Wildman–Crippen LogP) is 5.94. The second-order valence-corrected chi connectivity index (χ2v) is 12.4. The standard InChI is InChI=1S/C33H55N3O7/c1-9-11-12-13-14-15-20-36(31(40)26(21-23(3)4)35-32(41)43-33(6,7)8)29(25-16-17-27(37)24(5)22-25)30(39)34-19-18-28(38)42-10-2/h16-17,22-23,26,29,37H,9-15,18-21H2,1-8H3,(H,34,39)(H,35,41). The fourth-order valence-corrected chi connectivity index (χ4v) is 4.71. The van der Waals surface area contributed by atoms with Crippen molar-refractivity contribution in [2.45, 2.75) is 124 Å². The summed E-state index contributed by atoms with van der Waals surface area (Å²) in [5, 5.41) is 15.8. The van der Waals surface area contributed by atoms with Gasteiger partial charge in [-0.15, -0.1) is 0 Å². The van der Waals surface area contributed by atoms with Gasteiger partial charge >= 0.3 is 12.1 Å². The largest absolute Gasteiger partial charge is 0.508 e. The predicted molar refractivity (Wildman–Crippen MR) is 168 cm³/mol. The molecule has 244 valence electrons. The van der Waals surface area contributed by atoms with Gasteiger partial charge in [-0.05, 0) is 76.6 Å². The first-order chi connectivity index (χ1) is 20.2. The summed E-state index contributed by atoms with van der Waals surface area (Å²) in [5.41, 5.74) is 0.321.